The molecule has 0 N–H and O–H groups in total. The monoisotopic (exact) mass is 444 g/mol. The predicted octanol–water partition coefficient (Wildman–Crippen LogP) is 3.80. The van der Waals surface area contributed by atoms with Crippen LogP contribution in [-0.4, -0.2) is 50.2 Å². The molecule has 1 atom stereocenters. The van der Waals surface area contributed by atoms with Gasteiger partial charge in [0.1, 0.15) is 11.6 Å². The van der Waals surface area contributed by atoms with Gasteiger partial charge in [0.05, 0.1) is 11.8 Å². The molecular weight excluding hydrogens is 412 g/mol. The Bertz CT molecular complexity index is 1160. The summed E-state index contributed by atoms with van der Waals surface area (Å²) in [5.41, 5.74) is 5.24. The Morgan fingerprint density at radius 1 is 1.09 bits per heavy atom. The van der Waals surface area contributed by atoms with Crippen molar-refractivity contribution in [2.24, 2.45) is 7.05 Å². The third-order valence-electron chi connectivity index (χ3n) is 7.12. The molecule has 0 spiro atoms. The van der Waals surface area contributed by atoms with Gasteiger partial charge in [-0.1, -0.05) is 30.3 Å². The largest absolute Gasteiger partial charge is 0.352 e. The summed E-state index contributed by atoms with van der Waals surface area (Å²) in [4.78, 5) is 27.6. The highest BCUT2D eigenvalue weighted by molar-refractivity contribution is 5.95. The van der Waals surface area contributed by atoms with E-state index in [1.807, 2.05) is 18.9 Å². The molecule has 1 saturated heterocycles. The number of aryl methyl sites for hydroxylation is 2. The first-order valence-corrected chi connectivity index (χ1v) is 12.0. The zero-order chi connectivity index (χ0) is 22.9. The number of rotatable bonds is 4. The van der Waals surface area contributed by atoms with Crippen molar-refractivity contribution in [1.29, 1.82) is 0 Å². The first kappa shape index (κ1) is 21.6. The number of hydrogen-bond donors (Lipinski definition) is 0. The van der Waals surface area contributed by atoms with E-state index in [4.69, 9.17) is 9.97 Å². The van der Waals surface area contributed by atoms with Gasteiger partial charge in [0, 0.05) is 56.1 Å². The maximum Gasteiger partial charge on any atom is 0.257 e. The second-order valence-electron chi connectivity index (χ2n) is 9.34. The Morgan fingerprint density at radius 3 is 2.67 bits per heavy atom. The number of carbonyl (C=O) groups is 1. The van der Waals surface area contributed by atoms with Gasteiger partial charge < -0.3 is 9.80 Å². The fourth-order valence-electron chi connectivity index (χ4n) is 5.10. The molecule has 2 aliphatic rings. The van der Waals surface area contributed by atoms with Gasteiger partial charge in [0.2, 0.25) is 0 Å². The first-order chi connectivity index (χ1) is 16.0. The van der Waals surface area contributed by atoms with Crippen molar-refractivity contribution in [3.63, 3.8) is 0 Å². The van der Waals surface area contributed by atoms with Gasteiger partial charge >= 0.3 is 0 Å². The number of anilines is 1. The molecule has 0 unspecified atom stereocenters. The second-order valence-corrected chi connectivity index (χ2v) is 9.34. The highest BCUT2D eigenvalue weighted by Gasteiger charge is 2.30. The summed E-state index contributed by atoms with van der Waals surface area (Å²) in [6.07, 6.45) is 5.81. The molecule has 0 radical (unpaired) electrons. The van der Waals surface area contributed by atoms with E-state index >= 15 is 0 Å². The Morgan fingerprint density at radius 2 is 1.91 bits per heavy atom. The van der Waals surface area contributed by atoms with Crippen LogP contribution in [0.25, 0.3) is 0 Å². The summed E-state index contributed by atoms with van der Waals surface area (Å²) in [7, 11) is 1.87. The van der Waals surface area contributed by atoms with Crippen molar-refractivity contribution in [1.82, 2.24) is 24.6 Å². The average molecular weight is 445 g/mol. The minimum atomic E-state index is 0.0608. The Hall–Kier alpha value is -3.22. The van der Waals surface area contributed by atoms with Crippen molar-refractivity contribution >= 4 is 11.7 Å². The van der Waals surface area contributed by atoms with E-state index in [0.717, 1.165) is 68.3 Å². The van der Waals surface area contributed by atoms with E-state index in [9.17, 15) is 4.79 Å². The third-order valence-corrected chi connectivity index (χ3v) is 7.12. The molecule has 4 heterocycles. The standard InChI is InChI=1S/C26H32N6O/c1-18-22-12-8-13-31(16-20-9-5-4-6-10-20)25(22)29-24(28-18)21-11-7-14-32(17-21)26(33)23-15-27-30(3)19(23)2/h4-6,9-10,15,21H,7-8,11-14,16-17H2,1-3H3/t21-/m0/s1. The molecule has 1 fully saturated rings. The number of nitrogens with zero attached hydrogens (tertiary/aromatic N) is 6. The minimum absolute atomic E-state index is 0.0608. The van der Waals surface area contributed by atoms with Crippen molar-refractivity contribution in [2.75, 3.05) is 24.5 Å². The topological polar surface area (TPSA) is 67.2 Å². The van der Waals surface area contributed by atoms with Crippen LogP contribution in [0.15, 0.2) is 36.5 Å². The highest BCUT2D eigenvalue weighted by atomic mass is 16.2. The van der Waals surface area contributed by atoms with Crippen LogP contribution in [0.2, 0.25) is 0 Å². The van der Waals surface area contributed by atoms with Gasteiger partial charge in [0.25, 0.3) is 5.91 Å². The molecule has 0 aliphatic carbocycles. The van der Waals surface area contributed by atoms with Crippen molar-refractivity contribution < 1.29 is 4.79 Å². The third kappa shape index (κ3) is 4.24. The summed E-state index contributed by atoms with van der Waals surface area (Å²) in [6, 6.07) is 10.6. The molecule has 33 heavy (non-hydrogen) atoms. The van der Waals surface area contributed by atoms with E-state index in [1.165, 1.54) is 11.1 Å². The molecule has 5 rings (SSSR count). The second kappa shape index (κ2) is 8.96. The fourth-order valence-corrected chi connectivity index (χ4v) is 5.10. The molecule has 2 aliphatic heterocycles. The van der Waals surface area contributed by atoms with Crippen LogP contribution in [0.1, 0.15) is 63.9 Å². The van der Waals surface area contributed by atoms with Gasteiger partial charge in [-0.3, -0.25) is 9.48 Å². The molecule has 2 aromatic heterocycles. The average Bonchev–Trinajstić information content (AvgIpc) is 3.18. The van der Waals surface area contributed by atoms with Crippen molar-refractivity contribution in [3.05, 3.63) is 70.4 Å². The van der Waals surface area contributed by atoms with Gasteiger partial charge in [-0.2, -0.15) is 5.10 Å². The number of amides is 1. The summed E-state index contributed by atoms with van der Waals surface area (Å²) in [5.74, 6) is 2.18. The van der Waals surface area contributed by atoms with E-state index in [2.05, 4.69) is 47.3 Å². The smallest absolute Gasteiger partial charge is 0.257 e. The number of piperidine rings is 1. The van der Waals surface area contributed by atoms with E-state index < -0.39 is 0 Å². The van der Waals surface area contributed by atoms with Crippen LogP contribution in [0, 0.1) is 13.8 Å². The van der Waals surface area contributed by atoms with E-state index in [0.29, 0.717) is 12.1 Å². The quantitative estimate of drug-likeness (QED) is 0.612. The van der Waals surface area contributed by atoms with Gasteiger partial charge in [-0.05, 0) is 45.1 Å². The number of carbonyl (C=O) groups excluding carboxylic acids is 1. The lowest BCUT2D eigenvalue weighted by Gasteiger charge is -2.34. The molecule has 1 aromatic carbocycles. The summed E-state index contributed by atoms with van der Waals surface area (Å²) in [6.45, 7) is 7.35. The maximum absolute atomic E-state index is 13.2. The molecule has 7 nitrogen and oxygen atoms in total. The molecule has 0 saturated carbocycles. The van der Waals surface area contributed by atoms with Gasteiger partial charge in [0.15, 0.2) is 0 Å². The first-order valence-electron chi connectivity index (χ1n) is 12.0. The zero-order valence-electron chi connectivity index (χ0n) is 19.8. The Balaban J connectivity index is 1.40. The van der Waals surface area contributed by atoms with Gasteiger partial charge in [-0.15, -0.1) is 0 Å². The Kier molecular flexibility index (Phi) is 5.87. The normalized spacial score (nSPS) is 18.3. The van der Waals surface area contributed by atoms with Crippen molar-refractivity contribution in [3.8, 4) is 0 Å². The molecule has 1 amide bonds. The zero-order valence-corrected chi connectivity index (χ0v) is 19.8. The molecule has 172 valence electrons. The van der Waals surface area contributed by atoms with Crippen LogP contribution in [0.4, 0.5) is 5.82 Å². The summed E-state index contributed by atoms with van der Waals surface area (Å²) < 4.78 is 1.76. The summed E-state index contributed by atoms with van der Waals surface area (Å²) in [5, 5.41) is 4.25. The SMILES string of the molecule is Cc1nc([C@H]2CCCN(C(=O)c3cnn(C)c3C)C2)nc2c1CCCN2Cc1ccccc1. The predicted molar refractivity (Wildman–Crippen MR) is 128 cm³/mol. The molecular formula is C26H32N6O. The maximum atomic E-state index is 13.2. The lowest BCUT2D eigenvalue weighted by atomic mass is 9.95. The number of hydrogen-bond acceptors (Lipinski definition) is 5. The lowest BCUT2D eigenvalue weighted by Crippen LogP contribution is -2.40. The fraction of sp³-hybridized carbons (Fsp3) is 0.462. The number of likely N-dealkylation sites (tertiary alicyclic amines) is 1. The number of benzene rings is 1. The lowest BCUT2D eigenvalue weighted by molar-refractivity contribution is 0.0703. The number of aromatic nitrogens is 4. The molecule has 7 heteroatoms. The Labute approximate surface area is 195 Å². The van der Waals surface area contributed by atoms with Crippen LogP contribution in [-0.2, 0) is 20.0 Å². The minimum Gasteiger partial charge on any atom is -0.352 e. The molecule has 3 aromatic rings. The van der Waals surface area contributed by atoms with Crippen LogP contribution in [0.5, 0.6) is 0 Å². The van der Waals surface area contributed by atoms with E-state index in [-0.39, 0.29) is 11.8 Å². The summed E-state index contributed by atoms with van der Waals surface area (Å²) >= 11 is 0. The van der Waals surface area contributed by atoms with Gasteiger partial charge in [-0.25, -0.2) is 9.97 Å². The van der Waals surface area contributed by atoms with E-state index in [1.54, 1.807) is 10.9 Å². The number of fused-ring (bicyclic) bond motifs is 1. The van der Waals surface area contributed by atoms with Crippen LogP contribution < -0.4 is 4.90 Å². The van der Waals surface area contributed by atoms with Crippen molar-refractivity contribution in [2.45, 2.75) is 52.0 Å². The highest BCUT2D eigenvalue weighted by Crippen LogP contribution is 2.32. The molecule has 0 bridgehead atoms. The van der Waals surface area contributed by atoms with Crippen LogP contribution in [0.3, 0.4) is 0 Å². The van der Waals surface area contributed by atoms with Crippen LogP contribution >= 0.6 is 0 Å².